The van der Waals surface area contributed by atoms with E-state index in [1.807, 2.05) is 0 Å². The monoisotopic (exact) mass is 675 g/mol. The molecule has 2 nitrogen and oxygen atoms in total. The highest BCUT2D eigenvalue weighted by Crippen LogP contribution is 2.56. The Morgan fingerprint density at radius 3 is 1.70 bits per heavy atom. The third-order valence-electron chi connectivity index (χ3n) is 11.3. The van der Waals surface area contributed by atoms with Gasteiger partial charge >= 0.3 is 0 Å². The highest BCUT2D eigenvalue weighted by molar-refractivity contribution is 6.26. The van der Waals surface area contributed by atoms with Crippen LogP contribution < -0.4 is 4.74 Å². The summed E-state index contributed by atoms with van der Waals surface area (Å²) >= 11 is 0. The van der Waals surface area contributed by atoms with E-state index in [2.05, 4.69) is 205 Å². The van der Waals surface area contributed by atoms with Gasteiger partial charge in [-0.25, -0.2) is 0 Å². The molecule has 53 heavy (non-hydrogen) atoms. The normalized spacial score (nSPS) is 13.2. The number of nitrogens with zero attached hydrogens (tertiary/aromatic N) is 1. The van der Waals surface area contributed by atoms with Crippen molar-refractivity contribution in [2.75, 3.05) is 0 Å². The maximum Gasteiger partial charge on any atom is 0.132 e. The molecule has 0 amide bonds. The lowest BCUT2D eigenvalue weighted by Gasteiger charge is -2.41. The van der Waals surface area contributed by atoms with E-state index in [0.717, 1.165) is 33.9 Å². The molecule has 0 saturated carbocycles. The minimum Gasteiger partial charge on any atom is -0.457 e. The molecule has 1 aliphatic heterocycles. The van der Waals surface area contributed by atoms with Crippen molar-refractivity contribution in [2.45, 2.75) is 5.41 Å². The molecule has 0 aliphatic carbocycles. The summed E-state index contributed by atoms with van der Waals surface area (Å²) in [6.07, 6.45) is 0. The average Bonchev–Trinajstić information content (AvgIpc) is 3.58. The van der Waals surface area contributed by atoms with Gasteiger partial charge in [0.1, 0.15) is 11.5 Å². The van der Waals surface area contributed by atoms with Crippen molar-refractivity contribution in [3.05, 3.63) is 222 Å². The largest absolute Gasteiger partial charge is 0.457 e. The zero-order valence-corrected chi connectivity index (χ0v) is 28.9. The molecule has 0 fully saturated rings. The maximum absolute atomic E-state index is 6.77. The van der Waals surface area contributed by atoms with E-state index in [1.54, 1.807) is 0 Å². The zero-order valence-electron chi connectivity index (χ0n) is 28.9. The fourth-order valence-electron chi connectivity index (χ4n) is 9.08. The van der Waals surface area contributed by atoms with Crippen LogP contribution in [0.2, 0.25) is 0 Å². The van der Waals surface area contributed by atoms with Crippen LogP contribution in [0.4, 0.5) is 0 Å². The van der Waals surface area contributed by atoms with Crippen LogP contribution >= 0.6 is 0 Å². The topological polar surface area (TPSA) is 14.2 Å². The van der Waals surface area contributed by atoms with Crippen LogP contribution in [0.25, 0.3) is 60.2 Å². The summed E-state index contributed by atoms with van der Waals surface area (Å²) in [5, 5.41) is 7.40. The molecule has 10 aromatic rings. The number of aromatic nitrogens is 1. The van der Waals surface area contributed by atoms with Crippen LogP contribution in [0.3, 0.4) is 0 Å². The Morgan fingerprint density at radius 2 is 0.943 bits per heavy atom. The molecule has 0 spiro atoms. The lowest BCUT2D eigenvalue weighted by Crippen LogP contribution is -2.34. The van der Waals surface area contributed by atoms with Crippen LogP contribution in [0.1, 0.15) is 22.3 Å². The minimum atomic E-state index is -0.592. The second-order valence-electron chi connectivity index (χ2n) is 14.0. The quantitative estimate of drug-likeness (QED) is 0.181. The Kier molecular flexibility index (Phi) is 6.50. The highest BCUT2D eigenvalue weighted by Gasteiger charge is 2.45. The molecule has 0 saturated heterocycles. The Morgan fingerprint density at radius 1 is 0.377 bits per heavy atom. The van der Waals surface area contributed by atoms with E-state index < -0.39 is 5.41 Å². The molecule has 2 heteroatoms. The van der Waals surface area contributed by atoms with Gasteiger partial charge in [-0.15, -0.1) is 0 Å². The van der Waals surface area contributed by atoms with Gasteiger partial charge < -0.3 is 9.30 Å². The van der Waals surface area contributed by atoms with Crippen LogP contribution in [-0.4, -0.2) is 4.57 Å². The first kappa shape index (κ1) is 29.8. The number of para-hydroxylation sites is 2. The van der Waals surface area contributed by atoms with Crippen molar-refractivity contribution < 1.29 is 4.74 Å². The van der Waals surface area contributed by atoms with Crippen molar-refractivity contribution in [3.8, 4) is 28.3 Å². The van der Waals surface area contributed by atoms with Crippen LogP contribution in [0.5, 0.6) is 11.5 Å². The van der Waals surface area contributed by atoms with Crippen molar-refractivity contribution in [1.29, 1.82) is 0 Å². The Labute approximate surface area is 307 Å². The van der Waals surface area contributed by atoms with Crippen LogP contribution in [0.15, 0.2) is 200 Å². The summed E-state index contributed by atoms with van der Waals surface area (Å²) < 4.78 is 9.25. The molecule has 248 valence electrons. The number of rotatable bonds is 4. The summed E-state index contributed by atoms with van der Waals surface area (Å²) in [6.45, 7) is 0. The van der Waals surface area contributed by atoms with Crippen molar-refractivity contribution in [2.24, 2.45) is 0 Å². The van der Waals surface area contributed by atoms with Gasteiger partial charge in [-0.1, -0.05) is 164 Å². The number of hydrogen-bond acceptors (Lipinski definition) is 1. The lowest BCUT2D eigenvalue weighted by molar-refractivity contribution is 0.434. The fraction of sp³-hybridized carbons (Fsp3) is 0.0196. The number of ether oxygens (including phenoxy) is 1. The van der Waals surface area contributed by atoms with Gasteiger partial charge in [0, 0.05) is 38.4 Å². The second kappa shape index (κ2) is 11.6. The van der Waals surface area contributed by atoms with Crippen molar-refractivity contribution >= 4 is 43.4 Å². The van der Waals surface area contributed by atoms with Gasteiger partial charge in [0.25, 0.3) is 0 Å². The van der Waals surface area contributed by atoms with Gasteiger partial charge in [0.05, 0.1) is 16.4 Å². The molecule has 0 unspecified atom stereocenters. The smallest absolute Gasteiger partial charge is 0.132 e. The molecule has 1 aromatic heterocycles. The molecule has 1 aliphatic rings. The van der Waals surface area contributed by atoms with Gasteiger partial charge in [-0.05, 0) is 69.4 Å². The maximum atomic E-state index is 6.77. The predicted molar refractivity (Wildman–Crippen MR) is 220 cm³/mol. The van der Waals surface area contributed by atoms with E-state index in [0.29, 0.717) is 0 Å². The molecule has 0 radical (unpaired) electrons. The van der Waals surface area contributed by atoms with Gasteiger partial charge in [0.2, 0.25) is 0 Å². The summed E-state index contributed by atoms with van der Waals surface area (Å²) in [5.74, 6) is 1.76. The molecule has 0 atom stereocenters. The van der Waals surface area contributed by atoms with Gasteiger partial charge in [-0.3, -0.25) is 0 Å². The standard InChI is InChI=1S/C51H33NO/c1-4-17-36(18-5-1)51(37-19-6-2-7-20-37)45-26-14-15-27-47(45)53-48-31-29-35(32-46(48)51)43-33-44-42-30-28-34-16-10-11-23-39(34)49(42)52(38-21-8-3-9-22-38)50(44)41-25-13-12-24-40(41)43/h1-33H. The van der Waals surface area contributed by atoms with E-state index in [-0.39, 0.29) is 0 Å². The third kappa shape index (κ3) is 4.27. The highest BCUT2D eigenvalue weighted by atomic mass is 16.5. The molecule has 9 aromatic carbocycles. The summed E-state index contributed by atoms with van der Waals surface area (Å²) in [7, 11) is 0. The first-order valence-corrected chi connectivity index (χ1v) is 18.3. The lowest BCUT2D eigenvalue weighted by atomic mass is 9.63. The molecule has 2 heterocycles. The zero-order chi connectivity index (χ0) is 34.9. The minimum absolute atomic E-state index is 0.592. The van der Waals surface area contributed by atoms with Gasteiger partial charge in [0.15, 0.2) is 0 Å². The SMILES string of the molecule is c1ccc(-n2c3c4ccccc4ccc3c3cc(-c4ccc5c(c4)C(c4ccccc4)(c4ccccc4)c4ccccc4O5)c4ccccc4c32)cc1. The average molecular weight is 676 g/mol. The summed E-state index contributed by atoms with van der Waals surface area (Å²) in [5.41, 5.74) is 10.1. The predicted octanol–water partition coefficient (Wildman–Crippen LogP) is 13.2. The first-order valence-electron chi connectivity index (χ1n) is 18.3. The van der Waals surface area contributed by atoms with Crippen molar-refractivity contribution in [1.82, 2.24) is 4.57 Å². The number of fused-ring (bicyclic) bond motifs is 9. The van der Waals surface area contributed by atoms with Gasteiger partial charge in [-0.2, -0.15) is 0 Å². The second-order valence-corrected chi connectivity index (χ2v) is 14.0. The molecular formula is C51H33NO. The Balaban J connectivity index is 1.26. The Hall–Kier alpha value is -6.90. The van der Waals surface area contributed by atoms with Crippen LogP contribution in [-0.2, 0) is 5.41 Å². The molecule has 0 N–H and O–H groups in total. The molecule has 11 rings (SSSR count). The van der Waals surface area contributed by atoms with E-state index in [4.69, 9.17) is 4.74 Å². The van der Waals surface area contributed by atoms with Crippen LogP contribution in [0, 0.1) is 0 Å². The summed E-state index contributed by atoms with van der Waals surface area (Å²) in [6, 6.07) is 72.6. The fourth-order valence-corrected chi connectivity index (χ4v) is 9.08. The van der Waals surface area contributed by atoms with E-state index in [9.17, 15) is 0 Å². The van der Waals surface area contributed by atoms with E-state index in [1.165, 1.54) is 60.0 Å². The first-order chi connectivity index (χ1) is 26.3. The van der Waals surface area contributed by atoms with E-state index >= 15 is 0 Å². The molecule has 0 bridgehead atoms. The number of hydrogen-bond donors (Lipinski definition) is 0. The van der Waals surface area contributed by atoms with Crippen molar-refractivity contribution in [3.63, 3.8) is 0 Å². The third-order valence-corrected chi connectivity index (χ3v) is 11.3. The Bertz CT molecular complexity index is 2980. The molecular weight excluding hydrogens is 643 g/mol. The number of benzene rings is 9. The summed E-state index contributed by atoms with van der Waals surface area (Å²) in [4.78, 5) is 0.